The number of carbonyl (C=O) groups excluding carboxylic acids is 3. The summed E-state index contributed by atoms with van der Waals surface area (Å²) in [6.45, 7) is 1.57. The van der Waals surface area contributed by atoms with E-state index in [-0.39, 0.29) is 29.1 Å². The molecule has 0 saturated carbocycles. The molecule has 1 aromatic heterocycles. The summed E-state index contributed by atoms with van der Waals surface area (Å²) >= 11 is 6.95. The molecule has 7 nitrogen and oxygen atoms in total. The summed E-state index contributed by atoms with van der Waals surface area (Å²) in [6, 6.07) is 12.9. The number of halogens is 2. The van der Waals surface area contributed by atoms with E-state index >= 15 is 0 Å². The van der Waals surface area contributed by atoms with Gasteiger partial charge in [-0.1, -0.05) is 53.2 Å². The van der Waals surface area contributed by atoms with Gasteiger partial charge in [-0.05, 0) is 36.9 Å². The Bertz CT molecular complexity index is 1290. The van der Waals surface area contributed by atoms with Crippen LogP contribution in [0.1, 0.15) is 21.7 Å². The van der Waals surface area contributed by atoms with Gasteiger partial charge >= 0.3 is 0 Å². The summed E-state index contributed by atoms with van der Waals surface area (Å²) < 4.78 is 19.1. The van der Waals surface area contributed by atoms with Crippen LogP contribution in [0.25, 0.3) is 17.3 Å². The van der Waals surface area contributed by atoms with Gasteiger partial charge in [0.2, 0.25) is 0 Å². The van der Waals surface area contributed by atoms with Gasteiger partial charge in [-0.2, -0.15) is 0 Å². The second-order valence-electron chi connectivity index (χ2n) is 7.05. The van der Waals surface area contributed by atoms with Crippen LogP contribution in [0, 0.1) is 12.7 Å². The molecule has 0 aliphatic carbocycles. The monoisotopic (exact) mass is 485 g/mol. The van der Waals surface area contributed by atoms with Crippen molar-refractivity contribution in [3.63, 3.8) is 0 Å². The molecule has 0 spiro atoms. The minimum Gasteiger partial charge on any atom is -0.360 e. The van der Waals surface area contributed by atoms with E-state index in [2.05, 4.69) is 10.5 Å². The number of hydrogen-bond acceptors (Lipinski definition) is 6. The van der Waals surface area contributed by atoms with Crippen molar-refractivity contribution in [3.05, 3.63) is 81.2 Å². The van der Waals surface area contributed by atoms with Crippen LogP contribution in [0.3, 0.4) is 0 Å². The van der Waals surface area contributed by atoms with Crippen LogP contribution >= 0.6 is 23.4 Å². The molecule has 1 fully saturated rings. The molecule has 1 N–H and O–H groups in total. The molecule has 4 rings (SSSR count). The molecule has 0 atom stereocenters. The van der Waals surface area contributed by atoms with Crippen molar-refractivity contribution in [1.82, 2.24) is 15.4 Å². The Labute approximate surface area is 197 Å². The van der Waals surface area contributed by atoms with Crippen LogP contribution in [0.5, 0.6) is 0 Å². The summed E-state index contributed by atoms with van der Waals surface area (Å²) in [5.41, 5.74) is 1.28. The van der Waals surface area contributed by atoms with E-state index in [1.165, 1.54) is 24.3 Å². The number of benzene rings is 2. The molecule has 3 amide bonds. The van der Waals surface area contributed by atoms with Gasteiger partial charge in [0.1, 0.15) is 22.8 Å². The van der Waals surface area contributed by atoms with E-state index in [1.54, 1.807) is 37.3 Å². The van der Waals surface area contributed by atoms with Crippen molar-refractivity contribution in [3.8, 4) is 11.3 Å². The quantitative estimate of drug-likeness (QED) is 0.499. The lowest BCUT2D eigenvalue weighted by atomic mass is 10.1. The zero-order valence-electron chi connectivity index (χ0n) is 17.3. The summed E-state index contributed by atoms with van der Waals surface area (Å²) in [6.07, 6.45) is 1.34. The Morgan fingerprint density at radius 3 is 2.70 bits per heavy atom. The third-order valence-corrected chi connectivity index (χ3v) is 6.14. The summed E-state index contributed by atoms with van der Waals surface area (Å²) in [5, 5.41) is 6.56. The number of carbonyl (C=O) groups is 3. The van der Waals surface area contributed by atoms with Crippen molar-refractivity contribution >= 4 is 46.5 Å². The lowest BCUT2D eigenvalue weighted by Gasteiger charge is -2.13. The number of thioether (sulfide) groups is 1. The van der Waals surface area contributed by atoms with Crippen LogP contribution in [-0.4, -0.2) is 40.2 Å². The SMILES string of the molecule is Cc1onc(-c2ccccc2Cl)c1C(=O)NCCN1C(=O)S/C(=C/c2ccccc2F)C1=O. The third kappa shape index (κ3) is 4.69. The molecule has 33 heavy (non-hydrogen) atoms. The van der Waals surface area contributed by atoms with Crippen molar-refractivity contribution in [2.75, 3.05) is 13.1 Å². The van der Waals surface area contributed by atoms with Gasteiger partial charge in [0.05, 0.1) is 9.93 Å². The average Bonchev–Trinajstić information content (AvgIpc) is 3.30. The number of amides is 3. The first-order valence-corrected chi connectivity index (χ1v) is 11.1. The summed E-state index contributed by atoms with van der Waals surface area (Å²) in [7, 11) is 0. The highest BCUT2D eigenvalue weighted by Crippen LogP contribution is 2.33. The molecule has 10 heteroatoms. The first-order chi connectivity index (χ1) is 15.9. The maximum Gasteiger partial charge on any atom is 0.293 e. The molecule has 1 aliphatic rings. The normalized spacial score (nSPS) is 14.9. The van der Waals surface area contributed by atoms with Crippen LogP contribution in [0.4, 0.5) is 9.18 Å². The smallest absolute Gasteiger partial charge is 0.293 e. The second-order valence-corrected chi connectivity index (χ2v) is 8.45. The fourth-order valence-corrected chi connectivity index (χ4v) is 4.35. The van der Waals surface area contributed by atoms with E-state index in [9.17, 15) is 18.8 Å². The zero-order chi connectivity index (χ0) is 23.5. The number of nitrogens with one attached hydrogen (secondary N) is 1. The number of aromatic nitrogens is 1. The molecule has 168 valence electrons. The van der Waals surface area contributed by atoms with E-state index < -0.39 is 22.9 Å². The Kier molecular flexibility index (Phi) is 6.62. The molecule has 0 radical (unpaired) electrons. The fraction of sp³-hybridized carbons (Fsp3) is 0.130. The lowest BCUT2D eigenvalue weighted by Crippen LogP contribution is -2.37. The van der Waals surface area contributed by atoms with Crippen LogP contribution in [0.15, 0.2) is 58.0 Å². The number of imide groups is 1. The summed E-state index contributed by atoms with van der Waals surface area (Å²) in [5.74, 6) is -1.20. The predicted molar refractivity (Wildman–Crippen MR) is 123 cm³/mol. The van der Waals surface area contributed by atoms with Crippen LogP contribution < -0.4 is 5.32 Å². The molecule has 3 aromatic rings. The van der Waals surface area contributed by atoms with Gasteiger partial charge in [-0.25, -0.2) is 4.39 Å². The molecular weight excluding hydrogens is 469 g/mol. The van der Waals surface area contributed by atoms with Gasteiger partial charge in [0.15, 0.2) is 0 Å². The fourth-order valence-electron chi connectivity index (χ4n) is 3.27. The molecule has 2 heterocycles. The number of hydrogen-bond donors (Lipinski definition) is 1. The molecule has 0 bridgehead atoms. The van der Waals surface area contributed by atoms with Crippen LogP contribution in [0.2, 0.25) is 5.02 Å². The number of rotatable bonds is 6. The maximum atomic E-state index is 13.9. The zero-order valence-corrected chi connectivity index (χ0v) is 18.9. The van der Waals surface area contributed by atoms with E-state index in [4.69, 9.17) is 16.1 Å². The van der Waals surface area contributed by atoms with Gasteiger partial charge in [-0.3, -0.25) is 19.3 Å². The third-order valence-electron chi connectivity index (χ3n) is 4.91. The van der Waals surface area contributed by atoms with Crippen molar-refractivity contribution in [2.45, 2.75) is 6.92 Å². The van der Waals surface area contributed by atoms with E-state index in [1.807, 2.05) is 0 Å². The largest absolute Gasteiger partial charge is 0.360 e. The van der Waals surface area contributed by atoms with Gasteiger partial charge in [-0.15, -0.1) is 0 Å². The van der Waals surface area contributed by atoms with Gasteiger partial charge in [0, 0.05) is 24.2 Å². The van der Waals surface area contributed by atoms with E-state index in [0.717, 1.165) is 16.7 Å². The molecule has 1 saturated heterocycles. The highest BCUT2D eigenvalue weighted by Gasteiger charge is 2.35. The van der Waals surface area contributed by atoms with Gasteiger partial charge in [0.25, 0.3) is 17.1 Å². The molecule has 1 aliphatic heterocycles. The Morgan fingerprint density at radius 1 is 1.21 bits per heavy atom. The van der Waals surface area contributed by atoms with Crippen LogP contribution in [-0.2, 0) is 4.79 Å². The first kappa shape index (κ1) is 22.8. The summed E-state index contributed by atoms with van der Waals surface area (Å²) in [4.78, 5) is 38.8. The van der Waals surface area contributed by atoms with Gasteiger partial charge < -0.3 is 9.84 Å². The highest BCUT2D eigenvalue weighted by atomic mass is 35.5. The minimum absolute atomic E-state index is 0.0104. The number of aryl methyl sites for hydroxylation is 1. The van der Waals surface area contributed by atoms with Crippen molar-refractivity contribution in [1.29, 1.82) is 0 Å². The first-order valence-electron chi connectivity index (χ1n) is 9.86. The Morgan fingerprint density at radius 2 is 1.94 bits per heavy atom. The molecular formula is C23H17ClFN3O4S. The maximum absolute atomic E-state index is 13.9. The van der Waals surface area contributed by atoms with Crippen molar-refractivity contribution < 1.29 is 23.3 Å². The topological polar surface area (TPSA) is 92.5 Å². The average molecular weight is 486 g/mol. The number of nitrogens with zero attached hydrogens (tertiary/aromatic N) is 2. The Hall–Kier alpha value is -3.43. The molecule has 2 aromatic carbocycles. The second kappa shape index (κ2) is 9.60. The highest BCUT2D eigenvalue weighted by molar-refractivity contribution is 8.18. The van der Waals surface area contributed by atoms with Crippen molar-refractivity contribution in [2.24, 2.45) is 0 Å². The Balaban J connectivity index is 1.43. The predicted octanol–water partition coefficient (Wildman–Crippen LogP) is 4.91. The minimum atomic E-state index is -0.541. The lowest BCUT2D eigenvalue weighted by molar-refractivity contribution is -0.122. The van der Waals surface area contributed by atoms with E-state index in [0.29, 0.717) is 22.0 Å². The standard InChI is InChI=1S/C23H17ClFN3O4S/c1-13-19(20(27-32-13)15-7-3-4-8-16(15)24)21(29)26-10-11-28-22(30)18(33-23(28)31)12-14-6-2-5-9-17(14)25/h2-9,12H,10-11H2,1H3,(H,26,29)/b18-12+. The molecule has 0 unspecified atom stereocenters.